The van der Waals surface area contributed by atoms with Crippen LogP contribution < -0.4 is 0 Å². The van der Waals surface area contributed by atoms with Crippen LogP contribution in [0.3, 0.4) is 0 Å². The van der Waals surface area contributed by atoms with Crippen LogP contribution in [0.4, 0.5) is 0 Å². The van der Waals surface area contributed by atoms with Gasteiger partial charge in [-0.3, -0.25) is 4.79 Å². The molecule has 1 heterocycles. The molecule has 1 nitrogen and oxygen atoms in total. The van der Waals surface area contributed by atoms with Crippen LogP contribution in [0.5, 0.6) is 0 Å². The van der Waals surface area contributed by atoms with E-state index in [2.05, 4.69) is 0 Å². The van der Waals surface area contributed by atoms with Crippen molar-refractivity contribution in [1.82, 2.24) is 0 Å². The fourth-order valence-corrected chi connectivity index (χ4v) is 2.98. The molecular weight excluding hydrogens is 275 g/mol. The van der Waals surface area contributed by atoms with Gasteiger partial charge in [-0.15, -0.1) is 11.3 Å². The molecule has 0 aliphatic heterocycles. The molecule has 0 unspecified atom stereocenters. The van der Waals surface area contributed by atoms with Gasteiger partial charge in [0.05, 0.1) is 4.88 Å². The van der Waals surface area contributed by atoms with Crippen molar-refractivity contribution in [3.63, 3.8) is 0 Å². The third kappa shape index (κ3) is 2.54. The number of halogens is 2. The highest BCUT2D eigenvalue weighted by molar-refractivity contribution is 7.17. The van der Waals surface area contributed by atoms with E-state index in [1.54, 1.807) is 6.92 Å². The lowest BCUT2D eigenvalue weighted by Crippen LogP contribution is -1.83. The Balaban J connectivity index is 2.52. The number of Topliss-reactive ketones (excluding diaryl/α,β-unsaturated/α-hetero) is 1. The first kappa shape index (κ1) is 12.6. The Bertz CT molecular complexity index is 587. The zero-order chi connectivity index (χ0) is 12.6. The third-order valence-corrected chi connectivity index (χ3v) is 4.41. The Morgan fingerprint density at radius 2 is 1.88 bits per heavy atom. The van der Waals surface area contributed by atoms with Crippen molar-refractivity contribution in [3.05, 3.63) is 44.8 Å². The smallest absolute Gasteiger partial charge is 0.169 e. The number of aryl methyl sites for hydroxylation is 1. The number of hydrogen-bond donors (Lipinski definition) is 0. The standard InChI is InChI=1S/C13H10Cl2OS/c1-7-5-11(15)9(6-10(7)14)13-4-3-12(17-13)8(2)16/h3-6H,1-2H3. The van der Waals surface area contributed by atoms with Gasteiger partial charge < -0.3 is 0 Å². The molecule has 0 fully saturated rings. The van der Waals surface area contributed by atoms with Gasteiger partial charge in [0.1, 0.15) is 0 Å². The molecule has 0 spiro atoms. The maximum absolute atomic E-state index is 11.2. The summed E-state index contributed by atoms with van der Waals surface area (Å²) in [4.78, 5) is 12.9. The summed E-state index contributed by atoms with van der Waals surface area (Å²) in [5.41, 5.74) is 1.82. The molecule has 2 rings (SSSR count). The van der Waals surface area contributed by atoms with E-state index < -0.39 is 0 Å². The highest BCUT2D eigenvalue weighted by atomic mass is 35.5. The molecule has 0 amide bonds. The van der Waals surface area contributed by atoms with Crippen molar-refractivity contribution in [2.24, 2.45) is 0 Å². The SMILES string of the molecule is CC(=O)c1ccc(-c2cc(Cl)c(C)cc2Cl)s1. The molecule has 17 heavy (non-hydrogen) atoms. The highest BCUT2D eigenvalue weighted by Gasteiger charge is 2.11. The highest BCUT2D eigenvalue weighted by Crippen LogP contribution is 2.36. The van der Waals surface area contributed by atoms with E-state index in [1.165, 1.54) is 11.3 Å². The second-order valence-electron chi connectivity index (χ2n) is 3.80. The zero-order valence-electron chi connectivity index (χ0n) is 9.38. The van der Waals surface area contributed by atoms with Crippen molar-refractivity contribution in [1.29, 1.82) is 0 Å². The van der Waals surface area contributed by atoms with E-state index in [9.17, 15) is 4.79 Å². The van der Waals surface area contributed by atoms with Crippen LogP contribution in [-0.2, 0) is 0 Å². The molecule has 0 saturated carbocycles. The van der Waals surface area contributed by atoms with E-state index in [-0.39, 0.29) is 5.78 Å². The van der Waals surface area contributed by atoms with E-state index in [4.69, 9.17) is 23.2 Å². The second kappa shape index (κ2) is 4.81. The maximum Gasteiger partial charge on any atom is 0.169 e. The summed E-state index contributed by atoms with van der Waals surface area (Å²) in [5, 5.41) is 1.34. The Kier molecular flexibility index (Phi) is 3.57. The Labute approximate surface area is 114 Å². The predicted octanol–water partition coefficient (Wildman–Crippen LogP) is 5.23. The molecule has 88 valence electrons. The third-order valence-electron chi connectivity index (χ3n) is 2.47. The van der Waals surface area contributed by atoms with Gasteiger partial charge >= 0.3 is 0 Å². The molecule has 0 radical (unpaired) electrons. The summed E-state index contributed by atoms with van der Waals surface area (Å²) in [7, 11) is 0. The number of hydrogen-bond acceptors (Lipinski definition) is 2. The van der Waals surface area contributed by atoms with Crippen LogP contribution in [0.2, 0.25) is 10.0 Å². The molecule has 1 aromatic heterocycles. The topological polar surface area (TPSA) is 17.1 Å². The number of thiophene rings is 1. The molecule has 4 heteroatoms. The van der Waals surface area contributed by atoms with E-state index in [1.807, 2.05) is 31.2 Å². The minimum absolute atomic E-state index is 0.0654. The maximum atomic E-state index is 11.2. The summed E-state index contributed by atoms with van der Waals surface area (Å²) in [6.07, 6.45) is 0. The molecule has 1 aromatic carbocycles. The average Bonchev–Trinajstić information content (AvgIpc) is 2.72. The number of carbonyl (C=O) groups excluding carboxylic acids is 1. The molecular formula is C13H10Cl2OS. The molecule has 2 aromatic rings. The minimum atomic E-state index is 0.0654. The summed E-state index contributed by atoms with van der Waals surface area (Å²) in [6.45, 7) is 3.47. The summed E-state index contributed by atoms with van der Waals surface area (Å²) in [6, 6.07) is 7.39. The number of rotatable bonds is 2. The van der Waals surface area contributed by atoms with Crippen LogP contribution in [0.1, 0.15) is 22.2 Å². The van der Waals surface area contributed by atoms with Crippen molar-refractivity contribution in [2.75, 3.05) is 0 Å². The fourth-order valence-electron chi connectivity index (χ4n) is 1.51. The van der Waals surface area contributed by atoms with Gasteiger partial charge in [-0.25, -0.2) is 0 Å². The predicted molar refractivity (Wildman–Crippen MR) is 74.5 cm³/mol. The fraction of sp³-hybridized carbons (Fsp3) is 0.154. The summed E-state index contributed by atoms with van der Waals surface area (Å²) < 4.78 is 0. The molecule has 0 aliphatic carbocycles. The lowest BCUT2D eigenvalue weighted by molar-refractivity contribution is 0.102. The lowest BCUT2D eigenvalue weighted by Gasteiger charge is -2.05. The molecule has 0 bridgehead atoms. The van der Waals surface area contributed by atoms with Gasteiger partial charge in [0.15, 0.2) is 5.78 Å². The van der Waals surface area contributed by atoms with Crippen LogP contribution >= 0.6 is 34.5 Å². The Morgan fingerprint density at radius 3 is 2.47 bits per heavy atom. The van der Waals surface area contributed by atoms with Crippen molar-refractivity contribution in [2.45, 2.75) is 13.8 Å². The zero-order valence-corrected chi connectivity index (χ0v) is 11.7. The number of carbonyl (C=O) groups is 1. The monoisotopic (exact) mass is 284 g/mol. The van der Waals surface area contributed by atoms with E-state index >= 15 is 0 Å². The average molecular weight is 285 g/mol. The summed E-state index contributed by atoms with van der Waals surface area (Å²) >= 11 is 13.7. The van der Waals surface area contributed by atoms with Gasteiger partial charge in [-0.2, -0.15) is 0 Å². The first-order chi connectivity index (χ1) is 7.99. The van der Waals surface area contributed by atoms with E-state index in [0.717, 1.165) is 20.9 Å². The largest absolute Gasteiger partial charge is 0.294 e. The summed E-state index contributed by atoms with van der Waals surface area (Å²) in [5.74, 6) is 0.0654. The molecule has 0 saturated heterocycles. The van der Waals surface area contributed by atoms with Gasteiger partial charge in [-0.05, 0) is 43.7 Å². The normalized spacial score (nSPS) is 10.6. The van der Waals surface area contributed by atoms with Crippen molar-refractivity contribution >= 4 is 40.3 Å². The molecule has 0 atom stereocenters. The Hall–Kier alpha value is -0.830. The minimum Gasteiger partial charge on any atom is -0.294 e. The first-order valence-electron chi connectivity index (χ1n) is 5.06. The van der Waals surface area contributed by atoms with Crippen molar-refractivity contribution < 1.29 is 4.79 Å². The van der Waals surface area contributed by atoms with Crippen LogP contribution in [0.25, 0.3) is 10.4 Å². The van der Waals surface area contributed by atoms with Crippen molar-refractivity contribution in [3.8, 4) is 10.4 Å². The molecule has 0 aliphatic rings. The van der Waals surface area contributed by atoms with E-state index in [0.29, 0.717) is 10.0 Å². The Morgan fingerprint density at radius 1 is 1.18 bits per heavy atom. The van der Waals surface area contributed by atoms with Crippen LogP contribution in [0.15, 0.2) is 24.3 Å². The van der Waals surface area contributed by atoms with Crippen LogP contribution in [0, 0.1) is 6.92 Å². The number of benzene rings is 1. The lowest BCUT2D eigenvalue weighted by atomic mass is 10.1. The van der Waals surface area contributed by atoms with Gasteiger partial charge in [0.2, 0.25) is 0 Å². The quantitative estimate of drug-likeness (QED) is 0.690. The second-order valence-corrected chi connectivity index (χ2v) is 5.70. The van der Waals surface area contributed by atoms with Crippen LogP contribution in [-0.4, -0.2) is 5.78 Å². The van der Waals surface area contributed by atoms with Gasteiger partial charge in [-0.1, -0.05) is 23.2 Å². The van der Waals surface area contributed by atoms with Gasteiger partial charge in [0.25, 0.3) is 0 Å². The molecule has 0 N–H and O–H groups in total. The number of ketones is 1. The first-order valence-corrected chi connectivity index (χ1v) is 6.63. The van der Waals surface area contributed by atoms with Gasteiger partial charge in [0, 0.05) is 20.5 Å².